The van der Waals surface area contributed by atoms with Crippen molar-refractivity contribution in [2.45, 2.75) is 11.3 Å². The van der Waals surface area contributed by atoms with E-state index in [1.54, 1.807) is 0 Å². The molecule has 1 N–H and O–H groups in total. The third kappa shape index (κ3) is 3.84. The first kappa shape index (κ1) is 21.6. The number of hydrogen-bond acceptors (Lipinski definition) is 4. The molecule has 0 saturated heterocycles. The van der Waals surface area contributed by atoms with Crippen LogP contribution in [0.15, 0.2) is 65.6 Å². The van der Waals surface area contributed by atoms with Crippen LogP contribution < -0.4 is 9.62 Å². The summed E-state index contributed by atoms with van der Waals surface area (Å²) in [5.74, 6) is -4.10. The van der Waals surface area contributed by atoms with Crippen molar-refractivity contribution in [2.75, 3.05) is 16.2 Å². The minimum Gasteiger partial charge on any atom is -0.322 e. The van der Waals surface area contributed by atoms with E-state index in [1.807, 2.05) is 0 Å². The molecule has 1 heterocycles. The van der Waals surface area contributed by atoms with Gasteiger partial charge in [-0.25, -0.2) is 21.6 Å². The van der Waals surface area contributed by atoms with E-state index in [-0.39, 0.29) is 40.6 Å². The number of Topliss-reactive ketones (excluding diaryl/α,β-unsaturated/α-hetero) is 1. The maximum Gasteiger partial charge on any atom is 0.264 e. The summed E-state index contributed by atoms with van der Waals surface area (Å²) in [5.41, 5.74) is -0.656. The van der Waals surface area contributed by atoms with Gasteiger partial charge in [-0.05, 0) is 54.6 Å². The maximum atomic E-state index is 13.9. The molecule has 0 aliphatic carbocycles. The normalized spacial score (nSPS) is 13.6. The number of hydrogen-bond donors (Lipinski definition) is 1. The summed E-state index contributed by atoms with van der Waals surface area (Å²) in [6, 6.07) is 11.1. The second kappa shape index (κ2) is 8.12. The Morgan fingerprint density at radius 1 is 0.938 bits per heavy atom. The van der Waals surface area contributed by atoms with Gasteiger partial charge in [0.25, 0.3) is 15.9 Å². The van der Waals surface area contributed by atoms with E-state index in [2.05, 4.69) is 5.32 Å². The number of halogens is 3. The van der Waals surface area contributed by atoms with Crippen LogP contribution in [0.25, 0.3) is 0 Å². The van der Waals surface area contributed by atoms with E-state index in [0.717, 1.165) is 46.8 Å². The third-order valence-corrected chi connectivity index (χ3v) is 6.79. The largest absolute Gasteiger partial charge is 0.322 e. The van der Waals surface area contributed by atoms with Gasteiger partial charge in [-0.15, -0.1) is 0 Å². The molecule has 0 atom stereocenters. The van der Waals surface area contributed by atoms with E-state index in [4.69, 9.17) is 0 Å². The van der Waals surface area contributed by atoms with E-state index in [1.165, 1.54) is 18.2 Å². The Bertz CT molecular complexity index is 1320. The van der Waals surface area contributed by atoms with Crippen LogP contribution in [0.1, 0.15) is 27.1 Å². The highest BCUT2D eigenvalue weighted by Gasteiger charge is 2.33. The predicted molar refractivity (Wildman–Crippen MR) is 111 cm³/mol. The van der Waals surface area contributed by atoms with Gasteiger partial charge in [-0.1, -0.05) is 6.07 Å². The molecule has 164 valence electrons. The van der Waals surface area contributed by atoms with E-state index in [9.17, 15) is 31.2 Å². The number of anilines is 2. The van der Waals surface area contributed by atoms with Gasteiger partial charge >= 0.3 is 0 Å². The number of nitrogens with one attached hydrogen (secondary N) is 1. The predicted octanol–water partition coefficient (Wildman–Crippen LogP) is 4.14. The lowest BCUT2D eigenvalue weighted by molar-refractivity contribution is 0.0980. The third-order valence-electron chi connectivity index (χ3n) is 4.96. The average Bonchev–Trinajstić information content (AvgIpc) is 2.74. The van der Waals surface area contributed by atoms with Gasteiger partial charge in [0, 0.05) is 24.2 Å². The lowest BCUT2D eigenvalue weighted by atomic mass is 10.0. The Morgan fingerprint density at radius 3 is 2.25 bits per heavy atom. The summed E-state index contributed by atoms with van der Waals surface area (Å²) < 4.78 is 68.3. The highest BCUT2D eigenvalue weighted by molar-refractivity contribution is 7.92. The van der Waals surface area contributed by atoms with Crippen LogP contribution in [0.4, 0.5) is 24.5 Å². The van der Waals surface area contributed by atoms with Crippen molar-refractivity contribution in [2.24, 2.45) is 0 Å². The van der Waals surface area contributed by atoms with Crippen molar-refractivity contribution in [1.82, 2.24) is 0 Å². The van der Waals surface area contributed by atoms with Crippen LogP contribution in [0.2, 0.25) is 0 Å². The van der Waals surface area contributed by atoms with E-state index < -0.39 is 38.9 Å². The highest BCUT2D eigenvalue weighted by atomic mass is 32.2. The molecule has 1 aliphatic heterocycles. The fourth-order valence-corrected chi connectivity index (χ4v) is 4.88. The summed E-state index contributed by atoms with van der Waals surface area (Å²) in [6.07, 6.45) is -0.0699. The molecule has 1 aliphatic rings. The minimum absolute atomic E-state index is 0.00243. The van der Waals surface area contributed by atoms with Gasteiger partial charge in [-0.3, -0.25) is 13.9 Å². The number of rotatable bonds is 4. The number of sulfonamides is 1. The summed E-state index contributed by atoms with van der Waals surface area (Å²) in [5, 5.41) is 2.32. The molecule has 10 heteroatoms. The first-order valence-corrected chi connectivity index (χ1v) is 10.8. The zero-order valence-corrected chi connectivity index (χ0v) is 17.1. The molecule has 0 fully saturated rings. The molecule has 0 spiro atoms. The average molecular weight is 460 g/mol. The lowest BCUT2D eigenvalue weighted by Gasteiger charge is -2.30. The molecule has 6 nitrogen and oxygen atoms in total. The molecule has 0 saturated carbocycles. The number of carbonyl (C=O) groups is 2. The van der Waals surface area contributed by atoms with Crippen LogP contribution in [0, 0.1) is 17.5 Å². The first-order chi connectivity index (χ1) is 15.2. The smallest absolute Gasteiger partial charge is 0.264 e. The van der Waals surface area contributed by atoms with Gasteiger partial charge in [0.15, 0.2) is 5.78 Å². The minimum atomic E-state index is -4.14. The molecule has 0 unspecified atom stereocenters. The number of amides is 1. The van der Waals surface area contributed by atoms with Gasteiger partial charge < -0.3 is 5.32 Å². The zero-order chi connectivity index (χ0) is 23.0. The number of ketones is 1. The van der Waals surface area contributed by atoms with Crippen LogP contribution >= 0.6 is 0 Å². The standard InChI is InChI=1S/C22H15F3N2O4S/c23-13-4-7-15(8-5-13)32(30,31)27-11-10-20(28)16-9-6-14(12-19(16)27)26-22(29)21-17(24)2-1-3-18(21)25/h1-9,12H,10-11H2,(H,26,29). The molecular weight excluding hydrogens is 445 g/mol. The van der Waals surface area contributed by atoms with Crippen molar-refractivity contribution in [1.29, 1.82) is 0 Å². The van der Waals surface area contributed by atoms with Crippen molar-refractivity contribution in [3.05, 3.63) is 89.2 Å². The van der Waals surface area contributed by atoms with Gasteiger partial charge in [0.1, 0.15) is 23.0 Å². The summed E-state index contributed by atoms with van der Waals surface area (Å²) in [7, 11) is -4.14. The SMILES string of the molecule is O=C1CCN(S(=O)(=O)c2ccc(F)cc2)c2cc(NC(=O)c3c(F)cccc3F)ccc21. The highest BCUT2D eigenvalue weighted by Crippen LogP contribution is 2.34. The van der Waals surface area contributed by atoms with Gasteiger partial charge in [0.05, 0.1) is 10.6 Å². The fraction of sp³-hybridized carbons (Fsp3) is 0.0909. The Labute approximate surface area is 181 Å². The zero-order valence-electron chi connectivity index (χ0n) is 16.3. The second-order valence-electron chi connectivity index (χ2n) is 6.99. The Morgan fingerprint density at radius 2 is 1.59 bits per heavy atom. The number of benzene rings is 3. The van der Waals surface area contributed by atoms with Crippen LogP contribution in [-0.4, -0.2) is 26.7 Å². The monoisotopic (exact) mass is 460 g/mol. The Hall–Kier alpha value is -3.66. The van der Waals surface area contributed by atoms with E-state index in [0.29, 0.717) is 0 Å². The summed E-state index contributed by atoms with van der Waals surface area (Å²) >= 11 is 0. The molecule has 0 radical (unpaired) electrons. The molecule has 32 heavy (non-hydrogen) atoms. The number of fused-ring (bicyclic) bond motifs is 1. The summed E-state index contributed by atoms with van der Waals surface area (Å²) in [4.78, 5) is 24.5. The topological polar surface area (TPSA) is 83.6 Å². The molecule has 1 amide bonds. The van der Waals surface area contributed by atoms with Crippen molar-refractivity contribution < 1.29 is 31.2 Å². The fourth-order valence-electron chi connectivity index (χ4n) is 3.40. The van der Waals surface area contributed by atoms with Gasteiger partial charge in [-0.2, -0.15) is 0 Å². The van der Waals surface area contributed by atoms with Crippen molar-refractivity contribution in [3.63, 3.8) is 0 Å². The number of carbonyl (C=O) groups excluding carboxylic acids is 2. The maximum absolute atomic E-state index is 13.9. The van der Waals surface area contributed by atoms with Crippen molar-refractivity contribution >= 4 is 33.1 Å². The first-order valence-electron chi connectivity index (χ1n) is 9.39. The number of nitrogens with zero attached hydrogens (tertiary/aromatic N) is 1. The molecule has 4 rings (SSSR count). The van der Waals surface area contributed by atoms with Gasteiger partial charge in [0.2, 0.25) is 0 Å². The van der Waals surface area contributed by atoms with Crippen LogP contribution in [0.5, 0.6) is 0 Å². The van der Waals surface area contributed by atoms with Crippen molar-refractivity contribution in [3.8, 4) is 0 Å². The molecule has 0 bridgehead atoms. The van der Waals surface area contributed by atoms with Crippen LogP contribution in [-0.2, 0) is 10.0 Å². The second-order valence-corrected chi connectivity index (χ2v) is 8.85. The lowest BCUT2D eigenvalue weighted by Crippen LogP contribution is -2.37. The molecule has 0 aromatic heterocycles. The quantitative estimate of drug-likeness (QED) is 0.635. The molecule has 3 aromatic rings. The summed E-state index contributed by atoms with van der Waals surface area (Å²) in [6.45, 7) is -0.162. The van der Waals surface area contributed by atoms with E-state index >= 15 is 0 Å². The Kier molecular flexibility index (Phi) is 5.47. The molecular formula is C22H15F3N2O4S. The Balaban J connectivity index is 1.72. The van der Waals surface area contributed by atoms with Crippen LogP contribution in [0.3, 0.4) is 0 Å². The molecule has 3 aromatic carbocycles.